The number of hydrogen-bond donors (Lipinski definition) is 0. The lowest BCUT2D eigenvalue weighted by atomic mass is 10.0. The van der Waals surface area contributed by atoms with Gasteiger partial charge in [-0.3, -0.25) is 19.4 Å². The van der Waals surface area contributed by atoms with Crippen molar-refractivity contribution in [3.8, 4) is 0 Å². The Balaban J connectivity index is 2.45. The van der Waals surface area contributed by atoms with Crippen LogP contribution in [0.2, 0.25) is 0 Å². The highest BCUT2D eigenvalue weighted by Gasteiger charge is 2.32. The average Bonchev–Trinajstić information content (AvgIpc) is 3.59. The number of guanidine groups is 1. The van der Waals surface area contributed by atoms with E-state index >= 15 is 0 Å². The van der Waals surface area contributed by atoms with Crippen molar-refractivity contribution in [2.75, 3.05) is 26.8 Å². The maximum absolute atomic E-state index is 13.5. The molecule has 1 atom stereocenters. The van der Waals surface area contributed by atoms with Gasteiger partial charge in [0.15, 0.2) is 5.03 Å². The zero-order chi connectivity index (χ0) is 35.1. The lowest BCUT2D eigenvalue weighted by molar-refractivity contribution is -0.486. The van der Waals surface area contributed by atoms with E-state index < -0.39 is 5.03 Å². The highest BCUT2D eigenvalue weighted by molar-refractivity contribution is 6.04. The zero-order valence-corrected chi connectivity index (χ0v) is 31.5. The van der Waals surface area contributed by atoms with Crippen molar-refractivity contribution in [1.29, 1.82) is 0 Å². The van der Waals surface area contributed by atoms with Gasteiger partial charge in [-0.1, -0.05) is 168 Å². The predicted octanol–water partition coefficient (Wildman–Crippen LogP) is 10.8. The lowest BCUT2D eigenvalue weighted by Gasteiger charge is -2.29. The monoisotopic (exact) mass is 679 g/mol. The molecule has 48 heavy (non-hydrogen) atoms. The van der Waals surface area contributed by atoms with Crippen LogP contribution in [0.5, 0.6) is 0 Å². The first-order chi connectivity index (χ1) is 23.4. The van der Waals surface area contributed by atoms with Crippen LogP contribution in [0.15, 0.2) is 5.10 Å². The molecule has 1 fully saturated rings. The van der Waals surface area contributed by atoms with Crippen LogP contribution in [0.1, 0.15) is 200 Å². The Kier molecular flexibility index (Phi) is 28.4. The fourth-order valence-electron chi connectivity index (χ4n) is 6.66. The molecule has 0 aromatic rings. The first-order valence-corrected chi connectivity index (χ1v) is 20.3. The van der Waals surface area contributed by atoms with Crippen LogP contribution in [0, 0.1) is 16.0 Å². The molecule has 0 bridgehead atoms. The van der Waals surface area contributed by atoms with E-state index in [2.05, 4.69) is 18.9 Å². The Morgan fingerprint density at radius 2 is 1.02 bits per heavy atom. The number of unbranched alkanes of at least 4 members (excludes halogenated alkanes) is 24. The molecule has 9 nitrogen and oxygen atoms in total. The van der Waals surface area contributed by atoms with E-state index in [-0.39, 0.29) is 30.2 Å². The molecule has 280 valence electrons. The van der Waals surface area contributed by atoms with Gasteiger partial charge in [-0.25, -0.2) is 10.1 Å². The number of amides is 2. The molecule has 1 aliphatic rings. The summed E-state index contributed by atoms with van der Waals surface area (Å²) in [7, 11) is 1.52. The van der Waals surface area contributed by atoms with Gasteiger partial charge in [-0.2, -0.15) is 0 Å². The van der Waals surface area contributed by atoms with E-state index in [1.807, 2.05) is 0 Å². The molecule has 2 amide bonds. The third-order valence-electron chi connectivity index (χ3n) is 9.84. The molecule has 1 heterocycles. The SMILES string of the molecule is CCCCCCCCCCCCCCCC(=O)N(C)C(=N[N+](=O)[O-])N(CC1CCOC1)C(=O)CCCCCCCCCCCCCCC. The minimum atomic E-state index is -0.791. The Bertz CT molecular complexity index is 846. The van der Waals surface area contributed by atoms with E-state index in [1.165, 1.54) is 145 Å². The van der Waals surface area contributed by atoms with E-state index in [0.29, 0.717) is 26.1 Å². The van der Waals surface area contributed by atoms with Crippen molar-refractivity contribution in [3.63, 3.8) is 0 Å². The number of carbonyl (C=O) groups excluding carboxylic acids is 2. The Morgan fingerprint density at radius 1 is 0.646 bits per heavy atom. The van der Waals surface area contributed by atoms with Crippen molar-refractivity contribution in [2.45, 2.75) is 200 Å². The van der Waals surface area contributed by atoms with Crippen molar-refractivity contribution in [2.24, 2.45) is 11.0 Å². The molecule has 0 N–H and O–H groups in total. The average molecular weight is 679 g/mol. The van der Waals surface area contributed by atoms with Crippen LogP contribution in [0.25, 0.3) is 0 Å². The van der Waals surface area contributed by atoms with Crippen LogP contribution in [-0.4, -0.2) is 59.4 Å². The van der Waals surface area contributed by atoms with Gasteiger partial charge in [0.05, 0.1) is 6.61 Å². The van der Waals surface area contributed by atoms with Gasteiger partial charge in [0.1, 0.15) is 5.10 Å². The number of hydrogen-bond acceptors (Lipinski definition) is 5. The molecule has 9 heteroatoms. The number of nitrogens with zero attached hydrogens (tertiary/aromatic N) is 4. The maximum atomic E-state index is 13.5. The molecule has 0 radical (unpaired) electrons. The van der Waals surface area contributed by atoms with Crippen LogP contribution < -0.4 is 0 Å². The van der Waals surface area contributed by atoms with Gasteiger partial charge >= 0.3 is 0 Å². The topological polar surface area (TPSA) is 105 Å². The van der Waals surface area contributed by atoms with E-state index in [4.69, 9.17) is 4.74 Å². The van der Waals surface area contributed by atoms with Gasteiger partial charge < -0.3 is 4.74 Å². The third kappa shape index (κ3) is 23.3. The van der Waals surface area contributed by atoms with Crippen molar-refractivity contribution in [1.82, 2.24) is 9.80 Å². The molecule has 1 saturated heterocycles. The highest BCUT2D eigenvalue weighted by Crippen LogP contribution is 2.19. The Morgan fingerprint density at radius 3 is 1.38 bits per heavy atom. The first kappa shape index (κ1) is 44.0. The number of hydrazone groups is 1. The molecular formula is C39H74N4O5. The highest BCUT2D eigenvalue weighted by atomic mass is 16.7. The minimum absolute atomic E-state index is 0.0714. The van der Waals surface area contributed by atoms with Crippen LogP contribution in [0.4, 0.5) is 0 Å². The molecule has 0 saturated carbocycles. The second-order valence-electron chi connectivity index (χ2n) is 14.3. The van der Waals surface area contributed by atoms with Gasteiger partial charge in [-0.05, 0) is 19.3 Å². The number of carbonyl (C=O) groups is 2. The lowest BCUT2D eigenvalue weighted by Crippen LogP contribution is -2.50. The van der Waals surface area contributed by atoms with Gasteiger partial charge in [0.25, 0.3) is 5.96 Å². The quantitative estimate of drug-likeness (QED) is 0.0238. The molecule has 1 aliphatic heterocycles. The largest absolute Gasteiger partial charge is 0.381 e. The van der Waals surface area contributed by atoms with E-state index in [9.17, 15) is 19.7 Å². The van der Waals surface area contributed by atoms with Crippen molar-refractivity contribution < 1.29 is 19.4 Å². The molecule has 0 aromatic heterocycles. The van der Waals surface area contributed by atoms with Crippen LogP contribution >= 0.6 is 0 Å². The minimum Gasteiger partial charge on any atom is -0.381 e. The van der Waals surface area contributed by atoms with Gasteiger partial charge in [0, 0.05) is 39.0 Å². The van der Waals surface area contributed by atoms with Crippen molar-refractivity contribution >= 4 is 17.8 Å². The first-order valence-electron chi connectivity index (χ1n) is 20.3. The standard InChI is InChI=1S/C39H74N4O5/c1-4-6-8-10-12-14-16-18-20-22-24-26-28-30-37(44)41(3)39(40-43(46)47)42(34-36-32-33-48-35-36)38(45)31-29-27-25-23-21-19-17-15-13-11-9-7-5-2/h36H,4-35H2,1-3H3. The van der Waals surface area contributed by atoms with Gasteiger partial charge in [-0.15, -0.1) is 0 Å². The normalized spacial score (nSPS) is 14.8. The summed E-state index contributed by atoms with van der Waals surface area (Å²) >= 11 is 0. The maximum Gasteiger partial charge on any atom is 0.287 e. The van der Waals surface area contributed by atoms with Crippen molar-refractivity contribution in [3.05, 3.63) is 10.1 Å². The summed E-state index contributed by atoms with van der Waals surface area (Å²) in [4.78, 5) is 40.9. The second kappa shape index (κ2) is 31.0. The summed E-state index contributed by atoms with van der Waals surface area (Å²) in [6.07, 6.45) is 33.1. The fourth-order valence-corrected chi connectivity index (χ4v) is 6.66. The van der Waals surface area contributed by atoms with E-state index in [0.717, 1.165) is 44.9 Å². The third-order valence-corrected chi connectivity index (χ3v) is 9.84. The summed E-state index contributed by atoms with van der Waals surface area (Å²) in [5, 5.41) is 14.4. The number of nitro groups is 1. The summed E-state index contributed by atoms with van der Waals surface area (Å²) in [5.41, 5.74) is 0. The molecule has 0 spiro atoms. The van der Waals surface area contributed by atoms with Gasteiger partial charge in [0.2, 0.25) is 11.8 Å². The summed E-state index contributed by atoms with van der Waals surface area (Å²) in [6.45, 7) is 5.90. The number of ether oxygens (including phenoxy) is 1. The molecule has 0 aromatic carbocycles. The van der Waals surface area contributed by atoms with Crippen LogP contribution in [-0.2, 0) is 14.3 Å². The summed E-state index contributed by atoms with van der Waals surface area (Å²) in [6, 6.07) is 0. The van der Waals surface area contributed by atoms with Crippen LogP contribution in [0.3, 0.4) is 0 Å². The molecule has 1 rings (SSSR count). The molecule has 1 unspecified atom stereocenters. The molecular weight excluding hydrogens is 604 g/mol. The Labute approximate surface area is 294 Å². The summed E-state index contributed by atoms with van der Waals surface area (Å²) in [5.74, 6) is -0.528. The predicted molar refractivity (Wildman–Crippen MR) is 198 cm³/mol. The smallest absolute Gasteiger partial charge is 0.287 e. The Hall–Kier alpha value is -2.03. The van der Waals surface area contributed by atoms with E-state index in [1.54, 1.807) is 0 Å². The molecule has 0 aliphatic carbocycles. The fraction of sp³-hybridized carbons (Fsp3) is 0.923. The number of rotatable bonds is 31. The second-order valence-corrected chi connectivity index (χ2v) is 14.3. The summed E-state index contributed by atoms with van der Waals surface area (Å²) < 4.78 is 5.53. The zero-order valence-electron chi connectivity index (χ0n) is 31.5.